The first-order chi connectivity index (χ1) is 8.70. The molecule has 1 aromatic rings. The van der Waals surface area contributed by atoms with Crippen LogP contribution in [-0.4, -0.2) is 26.2 Å². The molecule has 102 valence electrons. The van der Waals surface area contributed by atoms with Gasteiger partial charge in [-0.25, -0.2) is 0 Å². The summed E-state index contributed by atoms with van der Waals surface area (Å²) in [4.78, 5) is 0. The van der Waals surface area contributed by atoms with Crippen LogP contribution in [0, 0.1) is 5.92 Å². The molecule has 1 unspecified atom stereocenters. The van der Waals surface area contributed by atoms with Crippen LogP contribution >= 0.6 is 0 Å². The quantitative estimate of drug-likeness (QED) is 0.656. The van der Waals surface area contributed by atoms with E-state index in [1.54, 1.807) is 0 Å². The van der Waals surface area contributed by atoms with Crippen molar-refractivity contribution < 1.29 is 0 Å². The SMILES string of the molecule is CC(C)CNCCCNCC(C)c1ccccc1. The zero-order valence-corrected chi connectivity index (χ0v) is 12.1. The maximum absolute atomic E-state index is 3.53. The molecule has 0 spiro atoms. The van der Waals surface area contributed by atoms with Gasteiger partial charge in [-0.1, -0.05) is 51.1 Å². The Labute approximate surface area is 112 Å². The average Bonchev–Trinajstić information content (AvgIpc) is 2.38. The lowest BCUT2D eigenvalue weighted by Gasteiger charge is -2.13. The van der Waals surface area contributed by atoms with Crippen molar-refractivity contribution in [3.05, 3.63) is 35.9 Å². The predicted molar refractivity (Wildman–Crippen MR) is 80.1 cm³/mol. The van der Waals surface area contributed by atoms with E-state index in [9.17, 15) is 0 Å². The molecule has 0 amide bonds. The summed E-state index contributed by atoms with van der Waals surface area (Å²) in [5.41, 5.74) is 1.42. The van der Waals surface area contributed by atoms with E-state index >= 15 is 0 Å². The second kappa shape index (κ2) is 9.12. The normalized spacial score (nSPS) is 12.9. The lowest BCUT2D eigenvalue weighted by Crippen LogP contribution is -2.26. The number of hydrogen-bond acceptors (Lipinski definition) is 2. The van der Waals surface area contributed by atoms with Crippen LogP contribution in [0.3, 0.4) is 0 Å². The fraction of sp³-hybridized carbons (Fsp3) is 0.625. The molecule has 2 N–H and O–H groups in total. The third-order valence-corrected chi connectivity index (χ3v) is 3.08. The van der Waals surface area contributed by atoms with Crippen LogP contribution in [0.15, 0.2) is 30.3 Å². The maximum Gasteiger partial charge on any atom is 0.00174 e. The van der Waals surface area contributed by atoms with Gasteiger partial charge < -0.3 is 10.6 Å². The topological polar surface area (TPSA) is 24.1 Å². The lowest BCUT2D eigenvalue weighted by molar-refractivity contribution is 0.524. The van der Waals surface area contributed by atoms with E-state index in [0.717, 1.165) is 32.1 Å². The molecule has 0 aliphatic rings. The molecule has 18 heavy (non-hydrogen) atoms. The smallest absolute Gasteiger partial charge is 0.00174 e. The Kier molecular flexibility index (Phi) is 7.70. The molecule has 2 heteroatoms. The predicted octanol–water partition coefficient (Wildman–Crippen LogP) is 3.02. The Morgan fingerprint density at radius 3 is 2.11 bits per heavy atom. The van der Waals surface area contributed by atoms with Crippen LogP contribution in [0.25, 0.3) is 0 Å². The molecular formula is C16H28N2. The van der Waals surface area contributed by atoms with Crippen LogP contribution in [-0.2, 0) is 0 Å². The van der Waals surface area contributed by atoms with Crippen molar-refractivity contribution in [2.45, 2.75) is 33.1 Å². The second-order valence-corrected chi connectivity index (χ2v) is 5.47. The summed E-state index contributed by atoms with van der Waals surface area (Å²) in [6.45, 7) is 11.2. The van der Waals surface area contributed by atoms with Gasteiger partial charge in [0.15, 0.2) is 0 Å². The number of hydrogen-bond donors (Lipinski definition) is 2. The summed E-state index contributed by atoms with van der Waals surface area (Å²) in [7, 11) is 0. The van der Waals surface area contributed by atoms with Crippen LogP contribution in [0.2, 0.25) is 0 Å². The fourth-order valence-electron chi connectivity index (χ4n) is 1.95. The number of nitrogens with one attached hydrogen (secondary N) is 2. The van der Waals surface area contributed by atoms with Gasteiger partial charge in [0, 0.05) is 6.54 Å². The minimum Gasteiger partial charge on any atom is -0.316 e. The highest BCUT2D eigenvalue weighted by atomic mass is 14.9. The minimum atomic E-state index is 0.592. The van der Waals surface area contributed by atoms with E-state index in [4.69, 9.17) is 0 Å². The monoisotopic (exact) mass is 248 g/mol. The summed E-state index contributed by atoms with van der Waals surface area (Å²) in [6, 6.07) is 10.7. The molecule has 0 aliphatic heterocycles. The summed E-state index contributed by atoms with van der Waals surface area (Å²) in [6.07, 6.45) is 1.20. The van der Waals surface area contributed by atoms with Crippen LogP contribution < -0.4 is 10.6 Å². The molecular weight excluding hydrogens is 220 g/mol. The van der Waals surface area contributed by atoms with E-state index < -0.39 is 0 Å². The first-order valence-electron chi connectivity index (χ1n) is 7.16. The largest absolute Gasteiger partial charge is 0.316 e. The third kappa shape index (κ3) is 6.77. The highest BCUT2D eigenvalue weighted by Crippen LogP contribution is 2.12. The molecule has 0 bridgehead atoms. The van der Waals surface area contributed by atoms with Crippen LogP contribution in [0.5, 0.6) is 0 Å². The van der Waals surface area contributed by atoms with Gasteiger partial charge in [-0.2, -0.15) is 0 Å². The highest BCUT2D eigenvalue weighted by molar-refractivity contribution is 5.18. The van der Waals surface area contributed by atoms with Gasteiger partial charge in [0.2, 0.25) is 0 Å². The van der Waals surface area contributed by atoms with Gasteiger partial charge in [-0.15, -0.1) is 0 Å². The minimum absolute atomic E-state index is 0.592. The average molecular weight is 248 g/mol. The van der Waals surface area contributed by atoms with E-state index in [0.29, 0.717) is 5.92 Å². The third-order valence-electron chi connectivity index (χ3n) is 3.08. The maximum atomic E-state index is 3.53. The number of rotatable bonds is 9. The molecule has 0 aromatic heterocycles. The van der Waals surface area contributed by atoms with Gasteiger partial charge in [-0.05, 0) is 43.5 Å². The van der Waals surface area contributed by atoms with E-state index in [2.05, 4.69) is 61.7 Å². The van der Waals surface area contributed by atoms with Crippen molar-refractivity contribution in [2.24, 2.45) is 5.92 Å². The summed E-state index contributed by atoms with van der Waals surface area (Å²) in [5, 5.41) is 7.00. The van der Waals surface area contributed by atoms with Crippen molar-refractivity contribution in [2.75, 3.05) is 26.2 Å². The Morgan fingerprint density at radius 2 is 1.50 bits per heavy atom. The Balaban J connectivity index is 2.01. The lowest BCUT2D eigenvalue weighted by atomic mass is 10.0. The zero-order chi connectivity index (χ0) is 13.2. The zero-order valence-electron chi connectivity index (χ0n) is 12.1. The Bertz CT molecular complexity index is 295. The van der Waals surface area contributed by atoms with E-state index in [1.165, 1.54) is 12.0 Å². The summed E-state index contributed by atoms with van der Waals surface area (Å²) in [5.74, 6) is 1.34. The van der Waals surface area contributed by atoms with Gasteiger partial charge in [0.25, 0.3) is 0 Å². The molecule has 0 fully saturated rings. The van der Waals surface area contributed by atoms with Crippen molar-refractivity contribution >= 4 is 0 Å². The fourth-order valence-corrected chi connectivity index (χ4v) is 1.95. The van der Waals surface area contributed by atoms with E-state index in [1.807, 2.05) is 0 Å². The molecule has 0 radical (unpaired) electrons. The molecule has 2 nitrogen and oxygen atoms in total. The van der Waals surface area contributed by atoms with Crippen molar-refractivity contribution in [3.63, 3.8) is 0 Å². The van der Waals surface area contributed by atoms with Crippen LogP contribution in [0.1, 0.15) is 38.7 Å². The Morgan fingerprint density at radius 1 is 0.889 bits per heavy atom. The van der Waals surface area contributed by atoms with Crippen molar-refractivity contribution in [1.29, 1.82) is 0 Å². The molecule has 1 aromatic carbocycles. The van der Waals surface area contributed by atoms with Crippen LogP contribution in [0.4, 0.5) is 0 Å². The molecule has 1 atom stereocenters. The summed E-state index contributed by atoms with van der Waals surface area (Å²) < 4.78 is 0. The standard InChI is InChI=1S/C16H28N2/c1-14(2)12-17-10-7-11-18-13-15(3)16-8-5-4-6-9-16/h4-6,8-9,14-15,17-18H,7,10-13H2,1-3H3. The molecule has 0 saturated carbocycles. The van der Waals surface area contributed by atoms with Gasteiger partial charge in [-0.3, -0.25) is 0 Å². The molecule has 0 aliphatic carbocycles. The number of benzene rings is 1. The highest BCUT2D eigenvalue weighted by Gasteiger charge is 2.03. The first kappa shape index (κ1) is 15.2. The molecule has 1 rings (SSSR count). The first-order valence-corrected chi connectivity index (χ1v) is 7.16. The van der Waals surface area contributed by atoms with Crippen molar-refractivity contribution in [3.8, 4) is 0 Å². The molecule has 0 heterocycles. The van der Waals surface area contributed by atoms with E-state index in [-0.39, 0.29) is 0 Å². The second-order valence-electron chi connectivity index (χ2n) is 5.47. The van der Waals surface area contributed by atoms with Gasteiger partial charge in [0.1, 0.15) is 0 Å². The van der Waals surface area contributed by atoms with Crippen molar-refractivity contribution in [1.82, 2.24) is 10.6 Å². The van der Waals surface area contributed by atoms with Gasteiger partial charge in [0.05, 0.1) is 0 Å². The van der Waals surface area contributed by atoms with Gasteiger partial charge >= 0.3 is 0 Å². The molecule has 0 saturated heterocycles. The summed E-state index contributed by atoms with van der Waals surface area (Å²) >= 11 is 0. The Hall–Kier alpha value is -0.860.